The summed E-state index contributed by atoms with van der Waals surface area (Å²) in [6.45, 7) is 3.84. The van der Waals surface area contributed by atoms with E-state index in [4.69, 9.17) is 11.6 Å². The molecule has 0 amide bonds. The van der Waals surface area contributed by atoms with Crippen LogP contribution in [0.3, 0.4) is 0 Å². The standard InChI is InChI=1S/C14H13ClOS/c1-9-5-3-6-11(10(2)15)13(9)14(16)12-7-4-8-17-12/h3-8,10H,1-2H3. The van der Waals surface area contributed by atoms with Gasteiger partial charge < -0.3 is 0 Å². The molecule has 0 fully saturated rings. The molecule has 2 rings (SSSR count). The number of halogens is 1. The fourth-order valence-electron chi connectivity index (χ4n) is 1.86. The highest BCUT2D eigenvalue weighted by atomic mass is 35.5. The van der Waals surface area contributed by atoms with Gasteiger partial charge in [-0.15, -0.1) is 22.9 Å². The zero-order valence-corrected chi connectivity index (χ0v) is 11.3. The molecule has 0 saturated carbocycles. The molecule has 0 bridgehead atoms. The number of alkyl halides is 1. The Kier molecular flexibility index (Phi) is 3.65. The van der Waals surface area contributed by atoms with E-state index < -0.39 is 0 Å². The van der Waals surface area contributed by atoms with Crippen LogP contribution in [0.5, 0.6) is 0 Å². The largest absolute Gasteiger partial charge is 0.288 e. The van der Waals surface area contributed by atoms with Gasteiger partial charge in [0.05, 0.1) is 10.3 Å². The van der Waals surface area contributed by atoms with Crippen molar-refractivity contribution < 1.29 is 4.79 Å². The van der Waals surface area contributed by atoms with Gasteiger partial charge in [0.2, 0.25) is 5.78 Å². The molecular weight excluding hydrogens is 252 g/mol. The second-order valence-corrected chi connectivity index (χ2v) is 5.56. The number of ketones is 1. The highest BCUT2D eigenvalue weighted by Gasteiger charge is 2.18. The van der Waals surface area contributed by atoms with Gasteiger partial charge in [-0.3, -0.25) is 4.79 Å². The monoisotopic (exact) mass is 264 g/mol. The normalized spacial score (nSPS) is 12.4. The second kappa shape index (κ2) is 5.03. The quantitative estimate of drug-likeness (QED) is 0.585. The van der Waals surface area contributed by atoms with Gasteiger partial charge in [0.1, 0.15) is 0 Å². The summed E-state index contributed by atoms with van der Waals surface area (Å²) < 4.78 is 0. The van der Waals surface area contributed by atoms with Crippen LogP contribution in [-0.4, -0.2) is 5.78 Å². The van der Waals surface area contributed by atoms with Gasteiger partial charge in [-0.05, 0) is 36.4 Å². The van der Waals surface area contributed by atoms with E-state index in [1.54, 1.807) is 0 Å². The van der Waals surface area contributed by atoms with Gasteiger partial charge in [0, 0.05) is 5.56 Å². The molecule has 1 aromatic heterocycles. The summed E-state index contributed by atoms with van der Waals surface area (Å²) in [5, 5.41) is 1.75. The van der Waals surface area contributed by atoms with Gasteiger partial charge in [-0.1, -0.05) is 24.3 Å². The van der Waals surface area contributed by atoms with Gasteiger partial charge in [0.15, 0.2) is 0 Å². The van der Waals surface area contributed by atoms with Crippen molar-refractivity contribution in [2.45, 2.75) is 19.2 Å². The molecule has 0 radical (unpaired) electrons. The van der Waals surface area contributed by atoms with Crippen LogP contribution < -0.4 is 0 Å². The van der Waals surface area contributed by atoms with E-state index in [0.717, 1.165) is 21.6 Å². The van der Waals surface area contributed by atoms with Crippen LogP contribution in [0.25, 0.3) is 0 Å². The molecule has 2 aromatic rings. The summed E-state index contributed by atoms with van der Waals surface area (Å²) in [5.74, 6) is 0.0700. The van der Waals surface area contributed by atoms with Gasteiger partial charge >= 0.3 is 0 Å². The van der Waals surface area contributed by atoms with Crippen LogP contribution >= 0.6 is 22.9 Å². The minimum absolute atomic E-state index is 0.0700. The lowest BCUT2D eigenvalue weighted by Gasteiger charge is -2.12. The van der Waals surface area contributed by atoms with Crippen molar-refractivity contribution in [2.24, 2.45) is 0 Å². The number of rotatable bonds is 3. The molecule has 0 aliphatic heterocycles. The minimum atomic E-state index is -0.159. The number of thiophene rings is 1. The maximum atomic E-state index is 12.4. The Bertz CT molecular complexity index is 529. The fourth-order valence-corrected chi connectivity index (χ4v) is 2.71. The van der Waals surface area contributed by atoms with Crippen molar-refractivity contribution in [3.63, 3.8) is 0 Å². The Morgan fingerprint density at radius 2 is 2.06 bits per heavy atom. The third kappa shape index (κ3) is 2.43. The first kappa shape index (κ1) is 12.3. The van der Waals surface area contributed by atoms with Crippen molar-refractivity contribution in [3.05, 3.63) is 57.3 Å². The lowest BCUT2D eigenvalue weighted by Crippen LogP contribution is -2.06. The fraction of sp³-hybridized carbons (Fsp3) is 0.214. The van der Waals surface area contributed by atoms with Crippen LogP contribution in [0.4, 0.5) is 0 Å². The van der Waals surface area contributed by atoms with E-state index in [1.807, 2.05) is 49.6 Å². The van der Waals surface area contributed by atoms with Crippen molar-refractivity contribution >= 4 is 28.7 Å². The predicted molar refractivity (Wildman–Crippen MR) is 73.2 cm³/mol. The first-order chi connectivity index (χ1) is 8.11. The maximum absolute atomic E-state index is 12.4. The molecule has 88 valence electrons. The molecule has 1 atom stereocenters. The third-order valence-corrected chi connectivity index (χ3v) is 3.81. The molecule has 1 heterocycles. The average Bonchev–Trinajstić information content (AvgIpc) is 2.81. The number of benzene rings is 1. The average molecular weight is 265 g/mol. The van der Waals surface area contributed by atoms with Crippen molar-refractivity contribution in [1.82, 2.24) is 0 Å². The van der Waals surface area contributed by atoms with E-state index in [9.17, 15) is 4.79 Å². The van der Waals surface area contributed by atoms with Crippen LogP contribution in [0.15, 0.2) is 35.7 Å². The van der Waals surface area contributed by atoms with Crippen LogP contribution in [-0.2, 0) is 0 Å². The Morgan fingerprint density at radius 1 is 1.29 bits per heavy atom. The number of carbonyl (C=O) groups is 1. The zero-order chi connectivity index (χ0) is 12.4. The summed E-state index contributed by atoms with van der Waals surface area (Å²) in [5.41, 5.74) is 2.64. The van der Waals surface area contributed by atoms with Crippen molar-refractivity contribution in [2.75, 3.05) is 0 Å². The zero-order valence-electron chi connectivity index (χ0n) is 9.74. The van der Waals surface area contributed by atoms with E-state index in [1.165, 1.54) is 11.3 Å². The summed E-state index contributed by atoms with van der Waals surface area (Å²) >= 11 is 7.60. The van der Waals surface area contributed by atoms with Gasteiger partial charge in [-0.2, -0.15) is 0 Å². The van der Waals surface area contributed by atoms with E-state index >= 15 is 0 Å². The number of carbonyl (C=O) groups excluding carboxylic acids is 1. The van der Waals surface area contributed by atoms with Crippen molar-refractivity contribution in [1.29, 1.82) is 0 Å². The SMILES string of the molecule is Cc1cccc(C(C)Cl)c1C(=O)c1cccs1. The summed E-state index contributed by atoms with van der Waals surface area (Å²) in [7, 11) is 0. The molecule has 3 heteroatoms. The first-order valence-electron chi connectivity index (χ1n) is 5.43. The highest BCUT2D eigenvalue weighted by Crippen LogP contribution is 2.28. The number of aryl methyl sites for hydroxylation is 1. The first-order valence-corrected chi connectivity index (χ1v) is 6.74. The Balaban J connectivity index is 2.55. The van der Waals surface area contributed by atoms with E-state index in [0.29, 0.717) is 0 Å². The third-order valence-electron chi connectivity index (χ3n) is 2.71. The molecule has 0 spiro atoms. The lowest BCUT2D eigenvalue weighted by atomic mass is 9.96. The minimum Gasteiger partial charge on any atom is -0.288 e. The second-order valence-electron chi connectivity index (χ2n) is 3.96. The van der Waals surface area contributed by atoms with Gasteiger partial charge in [0.25, 0.3) is 0 Å². The molecular formula is C14H13ClOS. The molecule has 1 aromatic carbocycles. The predicted octanol–water partition coefficient (Wildman–Crippen LogP) is 4.59. The maximum Gasteiger partial charge on any atom is 0.203 e. The smallest absolute Gasteiger partial charge is 0.203 e. The highest BCUT2D eigenvalue weighted by molar-refractivity contribution is 7.12. The van der Waals surface area contributed by atoms with E-state index in [2.05, 4.69) is 0 Å². The molecule has 17 heavy (non-hydrogen) atoms. The summed E-state index contributed by atoms with van der Waals surface area (Å²) in [4.78, 5) is 13.2. The molecule has 0 aliphatic carbocycles. The topological polar surface area (TPSA) is 17.1 Å². The van der Waals surface area contributed by atoms with Crippen LogP contribution in [0.2, 0.25) is 0 Å². The number of hydrogen-bond donors (Lipinski definition) is 0. The Hall–Kier alpha value is -1.12. The van der Waals surface area contributed by atoms with Crippen molar-refractivity contribution in [3.8, 4) is 0 Å². The molecule has 1 nitrogen and oxygen atoms in total. The number of hydrogen-bond acceptors (Lipinski definition) is 2. The Morgan fingerprint density at radius 3 is 2.65 bits per heavy atom. The van der Waals surface area contributed by atoms with E-state index in [-0.39, 0.29) is 11.2 Å². The molecule has 0 N–H and O–H groups in total. The molecule has 0 saturated heterocycles. The van der Waals surface area contributed by atoms with Crippen LogP contribution in [0, 0.1) is 6.92 Å². The summed E-state index contributed by atoms with van der Waals surface area (Å²) in [6.07, 6.45) is 0. The lowest BCUT2D eigenvalue weighted by molar-refractivity contribution is 0.104. The molecule has 0 aliphatic rings. The van der Waals surface area contributed by atoms with Crippen LogP contribution in [0.1, 0.15) is 38.7 Å². The summed E-state index contributed by atoms with van der Waals surface area (Å²) in [6, 6.07) is 9.55. The molecule has 1 unspecified atom stereocenters. The Labute approximate surface area is 110 Å². The van der Waals surface area contributed by atoms with Gasteiger partial charge in [-0.25, -0.2) is 0 Å².